The molecule has 2 N–H and O–H groups in total. The van der Waals surface area contributed by atoms with Gasteiger partial charge in [0, 0.05) is 62.5 Å². The van der Waals surface area contributed by atoms with Crippen LogP contribution in [0.4, 0.5) is 22.7 Å². The molecule has 2 heterocycles. The van der Waals surface area contributed by atoms with Crippen molar-refractivity contribution in [1.29, 1.82) is 0 Å². The minimum Gasteiger partial charge on any atom is -1.00 e. The van der Waals surface area contributed by atoms with Gasteiger partial charge in [0.05, 0.1) is 0 Å². The van der Waals surface area contributed by atoms with Crippen molar-refractivity contribution in [2.45, 2.75) is 212 Å². The van der Waals surface area contributed by atoms with E-state index in [1.165, 1.54) is 81.6 Å². The van der Waals surface area contributed by atoms with Crippen LogP contribution in [-0.2, 0) is 9.47 Å². The Hall–Kier alpha value is -1.68. The van der Waals surface area contributed by atoms with Crippen LogP contribution in [0.5, 0.6) is 0 Å². The maximum atomic E-state index is 5.10. The first kappa shape index (κ1) is 76.4. The number of nitrogens with zero attached hydrogens (tertiary/aromatic N) is 2. The van der Waals surface area contributed by atoms with Crippen molar-refractivity contribution in [3.8, 4) is 0 Å². The van der Waals surface area contributed by atoms with Gasteiger partial charge in [-0.25, -0.2) is 9.98 Å². The van der Waals surface area contributed by atoms with Gasteiger partial charge in [-0.05, 0) is 85.2 Å². The van der Waals surface area contributed by atoms with Crippen molar-refractivity contribution in [2.75, 3.05) is 26.4 Å². The smallest absolute Gasteiger partial charge is 1.00 e. The maximum Gasteiger partial charge on any atom is 2.00 e. The number of hydrogen-bond donors (Lipinski definition) is 2. The molecule has 0 aliphatic carbocycles. The Morgan fingerprint density at radius 3 is 0.737 bits per heavy atom. The van der Waals surface area contributed by atoms with Gasteiger partial charge in [0.2, 0.25) is 11.4 Å². The van der Waals surface area contributed by atoms with Crippen LogP contribution >= 0.6 is 0 Å². The van der Waals surface area contributed by atoms with Crippen LogP contribution < -0.4 is 34.8 Å². The van der Waals surface area contributed by atoms with Gasteiger partial charge < -0.3 is 44.9 Å². The number of nitrogens with one attached hydrogen (secondary N) is 2. The number of benzene rings is 4. The van der Waals surface area contributed by atoms with Gasteiger partial charge in [-0.3, -0.25) is 0 Å². The normalized spacial score (nSPS) is 13.8. The summed E-state index contributed by atoms with van der Waals surface area (Å²) in [7, 11) is 0. The van der Waals surface area contributed by atoms with E-state index < -0.39 is 0 Å². The summed E-state index contributed by atoms with van der Waals surface area (Å²) in [4.78, 5) is 7.43. The van der Waals surface area contributed by atoms with E-state index >= 15 is 0 Å². The van der Waals surface area contributed by atoms with Gasteiger partial charge in [-0.2, -0.15) is 11.4 Å². The van der Waals surface area contributed by atoms with Crippen LogP contribution in [-0.4, -0.2) is 113 Å². The summed E-state index contributed by atoms with van der Waals surface area (Å²) < 4.78 is 9.89. The molecule has 4 aromatic rings. The molecule has 0 amide bonds. The SMILES string of the molecule is C1CCOC1.C1CCOC1.CC(/C=C(/C)[N-]c1c(C(C)C)cccc1C(C)C)=[NH+]c1c(C(C)C)cccc1C(C)C.CC(/C=C(/C)[N-]c1c(C(C)C)cccc1C(C)C)=[NH+]c1c(C(C)C)cccc1C(C)C.[Ca+2].[Ca+2].[Cl-].[Cl-]. The summed E-state index contributed by atoms with van der Waals surface area (Å²) in [6.45, 7) is 48.5. The standard InChI is InChI=1S/2C29H41N2.2C4H8O.2Ca.2ClH/c2*1-18(2)24-13-11-14-25(19(3)4)28(24)30-22(9)17-23(10)31-29-26(20(5)6)15-12-16-27(29)21(7)8;2*1-2-4-5-3-1;;;;/h2*11-21H,1-10H3;2*1-4H2;;;2*1H/q2*-1;;;2*+2;;/b2*22-17-,31-23?;;;;;;. The zero-order valence-electron chi connectivity index (χ0n) is 51.2. The molecule has 0 saturated carbocycles. The molecule has 6 nitrogen and oxygen atoms in total. The third kappa shape index (κ3) is 25.4. The molecule has 412 valence electrons. The van der Waals surface area contributed by atoms with E-state index in [2.05, 4.69) is 233 Å². The minimum atomic E-state index is 0. The molecule has 2 saturated heterocycles. The summed E-state index contributed by atoms with van der Waals surface area (Å²) in [5, 5.41) is 10.2. The Bertz CT molecular complexity index is 2120. The number of allylic oxidation sites excluding steroid dienone is 4. The first-order chi connectivity index (χ1) is 34.0. The fourth-order valence-electron chi connectivity index (χ4n) is 9.20. The van der Waals surface area contributed by atoms with Crippen molar-refractivity contribution in [2.24, 2.45) is 0 Å². The zero-order chi connectivity index (χ0) is 53.7. The Labute approximate surface area is 537 Å². The van der Waals surface area contributed by atoms with E-state index in [0.29, 0.717) is 47.3 Å². The van der Waals surface area contributed by atoms with Crippen molar-refractivity contribution in [3.05, 3.63) is 151 Å². The molecule has 0 atom stereocenters. The predicted octanol–water partition coefficient (Wildman–Crippen LogP) is 10.8. The molecule has 2 aliphatic heterocycles. The summed E-state index contributed by atoms with van der Waals surface area (Å²) in [5.74, 6) is 3.65. The van der Waals surface area contributed by atoms with Crippen LogP contribution in [0, 0.1) is 0 Å². The van der Waals surface area contributed by atoms with Crippen molar-refractivity contribution >= 4 is 110 Å². The molecule has 0 spiro atoms. The molecule has 2 aliphatic rings. The van der Waals surface area contributed by atoms with Crippen LogP contribution in [0.3, 0.4) is 0 Å². The Balaban J connectivity index is 0. The third-order valence-corrected chi connectivity index (χ3v) is 13.2. The van der Waals surface area contributed by atoms with Crippen LogP contribution in [0.25, 0.3) is 10.6 Å². The maximum absolute atomic E-state index is 5.10. The van der Waals surface area contributed by atoms with Crippen LogP contribution in [0.15, 0.2) is 96.3 Å². The van der Waals surface area contributed by atoms with Gasteiger partial charge >= 0.3 is 75.5 Å². The second-order valence-corrected chi connectivity index (χ2v) is 22.5. The van der Waals surface area contributed by atoms with Crippen LogP contribution in [0.1, 0.15) is 256 Å². The summed E-state index contributed by atoms with van der Waals surface area (Å²) in [5.41, 5.74) is 19.8. The Kier molecular flexibility index (Phi) is 39.9. The van der Waals surface area contributed by atoms with Crippen LogP contribution in [0.2, 0.25) is 0 Å². The van der Waals surface area contributed by atoms with Crippen molar-refractivity contribution < 1.29 is 44.3 Å². The third-order valence-electron chi connectivity index (χ3n) is 13.2. The second-order valence-electron chi connectivity index (χ2n) is 22.5. The average Bonchev–Trinajstić information content (AvgIpc) is 4.10. The molecule has 0 radical (unpaired) electrons. The summed E-state index contributed by atoms with van der Waals surface area (Å²) >= 11 is 0. The molecular weight excluding hydrogens is 1030 g/mol. The average molecular weight is 1130 g/mol. The van der Waals surface area contributed by atoms with Crippen molar-refractivity contribution in [1.82, 2.24) is 0 Å². The number of hydrogen-bond acceptors (Lipinski definition) is 2. The fraction of sp³-hybridized carbons (Fsp3) is 0.545. The van der Waals surface area contributed by atoms with E-state index in [-0.39, 0.29) is 100 Å². The molecule has 4 aromatic carbocycles. The zero-order valence-corrected chi connectivity index (χ0v) is 57.2. The van der Waals surface area contributed by atoms with Gasteiger partial charge in [0.1, 0.15) is 0 Å². The van der Waals surface area contributed by atoms with E-state index in [1.807, 2.05) is 0 Å². The first-order valence-corrected chi connectivity index (χ1v) is 27.7. The van der Waals surface area contributed by atoms with Crippen molar-refractivity contribution in [3.63, 3.8) is 0 Å². The molecular formula is C66H100Ca2Cl2N4O2+2. The van der Waals surface area contributed by atoms with E-state index in [9.17, 15) is 0 Å². The summed E-state index contributed by atoms with van der Waals surface area (Å²) in [6.07, 6.45) is 9.45. The van der Waals surface area contributed by atoms with Gasteiger partial charge in [0.25, 0.3) is 0 Å². The molecule has 0 unspecified atom stereocenters. The topological polar surface area (TPSA) is 74.6 Å². The predicted molar refractivity (Wildman–Crippen MR) is 326 cm³/mol. The molecule has 0 bridgehead atoms. The molecule has 10 heteroatoms. The van der Waals surface area contributed by atoms with E-state index in [1.54, 1.807) is 0 Å². The quantitative estimate of drug-likeness (QED) is 0.0867. The van der Waals surface area contributed by atoms with E-state index in [0.717, 1.165) is 60.6 Å². The second kappa shape index (κ2) is 39.7. The minimum absolute atomic E-state index is 0. The van der Waals surface area contributed by atoms with Gasteiger partial charge in [-0.1, -0.05) is 220 Å². The largest absolute Gasteiger partial charge is 2.00 e. The molecule has 2 fully saturated rings. The van der Waals surface area contributed by atoms with Gasteiger partial charge in [-0.15, -0.1) is 11.4 Å². The molecule has 76 heavy (non-hydrogen) atoms. The van der Waals surface area contributed by atoms with E-state index in [4.69, 9.17) is 20.1 Å². The first-order valence-electron chi connectivity index (χ1n) is 27.7. The number of rotatable bonds is 16. The molecule has 6 rings (SSSR count). The van der Waals surface area contributed by atoms with Gasteiger partial charge in [0.15, 0.2) is 11.4 Å². The number of ether oxygens (including phenoxy) is 2. The Morgan fingerprint density at radius 1 is 0.368 bits per heavy atom. The number of para-hydroxylation sites is 4. The Morgan fingerprint density at radius 2 is 0.566 bits per heavy atom. The summed E-state index contributed by atoms with van der Waals surface area (Å²) in [6, 6.07) is 26.5. The fourth-order valence-corrected chi connectivity index (χ4v) is 9.20. The number of halogens is 2. The molecule has 0 aromatic heterocycles. The monoisotopic (exact) mass is 1130 g/mol.